The first-order chi connectivity index (χ1) is 11.9. The molecule has 0 unspecified atom stereocenters. The van der Waals surface area contributed by atoms with Gasteiger partial charge in [0.1, 0.15) is 0 Å². The van der Waals surface area contributed by atoms with Gasteiger partial charge in [-0.25, -0.2) is 4.98 Å². The van der Waals surface area contributed by atoms with Crippen LogP contribution in [0.2, 0.25) is 0 Å². The molecule has 1 aromatic rings. The number of aromatic nitrogens is 1. The second kappa shape index (κ2) is 11.5. The standard InChI is InChI=1S/C16H25F3N4O2/c1-3-24-9-5-4-8-21-15(20-2)23-11-13-6-7-14(22-10-13)25-12-16(17,18)19/h6-7,10H,3-5,8-9,11-12H2,1-2H3,(H2,20,21,23). The number of nitrogens with zero attached hydrogens (tertiary/aromatic N) is 2. The minimum Gasteiger partial charge on any atom is -0.468 e. The van der Waals surface area contributed by atoms with E-state index in [4.69, 9.17) is 4.74 Å². The highest BCUT2D eigenvalue weighted by atomic mass is 19.4. The molecule has 142 valence electrons. The number of halogens is 3. The molecule has 1 aromatic heterocycles. The Labute approximate surface area is 145 Å². The van der Waals surface area contributed by atoms with Gasteiger partial charge in [0.05, 0.1) is 0 Å². The van der Waals surface area contributed by atoms with Crippen molar-refractivity contribution < 1.29 is 22.6 Å². The monoisotopic (exact) mass is 362 g/mol. The van der Waals surface area contributed by atoms with Gasteiger partial charge in [0, 0.05) is 45.6 Å². The van der Waals surface area contributed by atoms with E-state index in [2.05, 4.69) is 25.3 Å². The highest BCUT2D eigenvalue weighted by Crippen LogP contribution is 2.16. The number of ether oxygens (including phenoxy) is 2. The zero-order valence-electron chi connectivity index (χ0n) is 14.5. The lowest BCUT2D eigenvalue weighted by atomic mass is 10.3. The van der Waals surface area contributed by atoms with E-state index in [9.17, 15) is 13.2 Å². The molecule has 0 aliphatic carbocycles. The second-order valence-corrected chi connectivity index (χ2v) is 5.17. The number of hydrogen-bond acceptors (Lipinski definition) is 4. The van der Waals surface area contributed by atoms with Crippen molar-refractivity contribution >= 4 is 5.96 Å². The number of hydrogen-bond donors (Lipinski definition) is 2. The van der Waals surface area contributed by atoms with Gasteiger partial charge in [-0.3, -0.25) is 4.99 Å². The lowest BCUT2D eigenvalue weighted by Crippen LogP contribution is -2.37. The topological polar surface area (TPSA) is 67.8 Å². The highest BCUT2D eigenvalue weighted by molar-refractivity contribution is 5.79. The largest absolute Gasteiger partial charge is 0.468 e. The Morgan fingerprint density at radius 3 is 2.64 bits per heavy atom. The fourth-order valence-electron chi connectivity index (χ4n) is 1.84. The molecule has 0 amide bonds. The maximum absolute atomic E-state index is 12.1. The van der Waals surface area contributed by atoms with E-state index in [1.165, 1.54) is 12.3 Å². The predicted molar refractivity (Wildman–Crippen MR) is 89.7 cm³/mol. The first-order valence-electron chi connectivity index (χ1n) is 8.11. The van der Waals surface area contributed by atoms with Crippen molar-refractivity contribution in [1.82, 2.24) is 15.6 Å². The number of alkyl halides is 3. The molecule has 0 saturated carbocycles. The zero-order valence-corrected chi connectivity index (χ0v) is 14.5. The van der Waals surface area contributed by atoms with Crippen LogP contribution >= 0.6 is 0 Å². The van der Waals surface area contributed by atoms with Gasteiger partial charge in [-0.05, 0) is 25.3 Å². The van der Waals surface area contributed by atoms with Crippen molar-refractivity contribution in [3.05, 3.63) is 23.9 Å². The summed E-state index contributed by atoms with van der Waals surface area (Å²) in [6.07, 6.45) is -0.967. The van der Waals surface area contributed by atoms with E-state index in [1.54, 1.807) is 13.1 Å². The van der Waals surface area contributed by atoms with Gasteiger partial charge in [-0.2, -0.15) is 13.2 Å². The quantitative estimate of drug-likeness (QED) is 0.380. The van der Waals surface area contributed by atoms with Crippen LogP contribution < -0.4 is 15.4 Å². The highest BCUT2D eigenvalue weighted by Gasteiger charge is 2.28. The van der Waals surface area contributed by atoms with Crippen LogP contribution in [-0.2, 0) is 11.3 Å². The number of guanidine groups is 1. The molecule has 9 heteroatoms. The molecule has 2 N–H and O–H groups in total. The van der Waals surface area contributed by atoms with Gasteiger partial charge in [-0.15, -0.1) is 0 Å². The maximum atomic E-state index is 12.1. The summed E-state index contributed by atoms with van der Waals surface area (Å²) in [4.78, 5) is 7.96. The van der Waals surface area contributed by atoms with Crippen LogP contribution in [-0.4, -0.2) is 50.5 Å². The third-order valence-corrected chi connectivity index (χ3v) is 3.08. The van der Waals surface area contributed by atoms with Crippen LogP contribution in [0, 0.1) is 0 Å². The number of aliphatic imine (C=N–C) groups is 1. The third-order valence-electron chi connectivity index (χ3n) is 3.08. The smallest absolute Gasteiger partial charge is 0.422 e. The first-order valence-corrected chi connectivity index (χ1v) is 8.11. The van der Waals surface area contributed by atoms with Gasteiger partial charge in [-0.1, -0.05) is 6.07 Å². The summed E-state index contributed by atoms with van der Waals surface area (Å²) in [7, 11) is 1.67. The number of nitrogens with one attached hydrogen (secondary N) is 2. The molecule has 0 aliphatic heterocycles. The fourth-order valence-corrected chi connectivity index (χ4v) is 1.84. The van der Waals surface area contributed by atoms with Crippen LogP contribution in [0.4, 0.5) is 13.2 Å². The Morgan fingerprint density at radius 1 is 1.24 bits per heavy atom. The average Bonchev–Trinajstić information content (AvgIpc) is 2.59. The van der Waals surface area contributed by atoms with Crippen molar-refractivity contribution in [2.24, 2.45) is 4.99 Å². The van der Waals surface area contributed by atoms with Gasteiger partial charge in [0.2, 0.25) is 5.88 Å². The minimum absolute atomic E-state index is 0.0575. The maximum Gasteiger partial charge on any atom is 0.422 e. The van der Waals surface area contributed by atoms with Crippen molar-refractivity contribution in [3.63, 3.8) is 0 Å². The molecule has 0 spiro atoms. The molecule has 0 atom stereocenters. The van der Waals surface area contributed by atoms with Crippen molar-refractivity contribution in [2.45, 2.75) is 32.5 Å². The summed E-state index contributed by atoms with van der Waals surface area (Å²) in [6, 6.07) is 3.06. The second-order valence-electron chi connectivity index (χ2n) is 5.17. The molecule has 0 bridgehead atoms. The Balaban J connectivity index is 2.28. The van der Waals surface area contributed by atoms with E-state index < -0.39 is 12.8 Å². The van der Waals surface area contributed by atoms with E-state index in [-0.39, 0.29) is 5.88 Å². The van der Waals surface area contributed by atoms with Crippen molar-refractivity contribution in [1.29, 1.82) is 0 Å². The van der Waals surface area contributed by atoms with Crippen LogP contribution in [0.15, 0.2) is 23.3 Å². The average molecular weight is 362 g/mol. The Kier molecular flexibility index (Phi) is 9.68. The third kappa shape index (κ3) is 10.4. The molecule has 0 aromatic carbocycles. The zero-order chi connectivity index (χ0) is 18.5. The summed E-state index contributed by atoms with van der Waals surface area (Å²) < 4.78 is 46.0. The Hall–Kier alpha value is -2.03. The van der Waals surface area contributed by atoms with Gasteiger partial charge < -0.3 is 20.1 Å². The van der Waals surface area contributed by atoms with Gasteiger partial charge >= 0.3 is 6.18 Å². The SMILES string of the molecule is CCOCCCCNC(=NC)NCc1ccc(OCC(F)(F)F)nc1. The molecule has 0 fully saturated rings. The molecule has 25 heavy (non-hydrogen) atoms. The van der Waals surface area contributed by atoms with Crippen LogP contribution in [0.25, 0.3) is 0 Å². The molecule has 0 radical (unpaired) electrons. The lowest BCUT2D eigenvalue weighted by Gasteiger charge is -2.12. The van der Waals surface area contributed by atoms with E-state index in [0.29, 0.717) is 12.5 Å². The molecule has 6 nitrogen and oxygen atoms in total. The van der Waals surface area contributed by atoms with E-state index in [1.807, 2.05) is 6.92 Å². The van der Waals surface area contributed by atoms with Gasteiger partial charge in [0.25, 0.3) is 0 Å². The molecule has 1 rings (SSSR count). The van der Waals surface area contributed by atoms with Crippen molar-refractivity contribution in [2.75, 3.05) is 33.4 Å². The summed E-state index contributed by atoms with van der Waals surface area (Å²) in [5, 5.41) is 6.29. The molecule has 1 heterocycles. The number of rotatable bonds is 10. The number of unbranched alkanes of at least 4 members (excludes halogenated alkanes) is 1. The molecule has 0 aliphatic rings. The van der Waals surface area contributed by atoms with Crippen molar-refractivity contribution in [3.8, 4) is 5.88 Å². The normalized spacial score (nSPS) is 12.1. The Morgan fingerprint density at radius 2 is 2.04 bits per heavy atom. The van der Waals surface area contributed by atoms with Crippen LogP contribution in [0.3, 0.4) is 0 Å². The fraction of sp³-hybridized carbons (Fsp3) is 0.625. The summed E-state index contributed by atoms with van der Waals surface area (Å²) in [5.41, 5.74) is 0.804. The van der Waals surface area contributed by atoms with Crippen LogP contribution in [0.5, 0.6) is 5.88 Å². The number of pyridine rings is 1. The van der Waals surface area contributed by atoms with Crippen LogP contribution in [0.1, 0.15) is 25.3 Å². The molecule has 0 saturated heterocycles. The summed E-state index contributed by atoms with van der Waals surface area (Å²) in [6.45, 7) is 3.31. The summed E-state index contributed by atoms with van der Waals surface area (Å²) >= 11 is 0. The molecular weight excluding hydrogens is 337 g/mol. The first kappa shape index (κ1) is 21.0. The van der Waals surface area contributed by atoms with Gasteiger partial charge in [0.15, 0.2) is 12.6 Å². The minimum atomic E-state index is -4.37. The lowest BCUT2D eigenvalue weighted by molar-refractivity contribution is -0.154. The Bertz CT molecular complexity index is 507. The van der Waals surface area contributed by atoms with E-state index >= 15 is 0 Å². The van der Waals surface area contributed by atoms with E-state index in [0.717, 1.165) is 38.2 Å². The molecular formula is C16H25F3N4O2. The summed E-state index contributed by atoms with van der Waals surface area (Å²) in [5.74, 6) is 0.590. The predicted octanol–water partition coefficient (Wildman–Crippen LogP) is 2.50.